The van der Waals surface area contributed by atoms with Crippen molar-refractivity contribution in [1.29, 1.82) is 0 Å². The van der Waals surface area contributed by atoms with Gasteiger partial charge in [0, 0.05) is 19.1 Å². The molecule has 3 aromatic rings. The van der Waals surface area contributed by atoms with E-state index in [0.717, 1.165) is 11.3 Å². The zero-order chi connectivity index (χ0) is 19.5. The minimum atomic E-state index is -0.379. The molecule has 1 amide bonds. The molecule has 6 nitrogen and oxygen atoms in total. The Bertz CT molecular complexity index is 994. The van der Waals surface area contributed by atoms with Crippen molar-refractivity contribution in [1.82, 2.24) is 4.98 Å². The van der Waals surface area contributed by atoms with Crippen molar-refractivity contribution in [2.24, 2.45) is 5.92 Å². The number of ketones is 1. The molecule has 0 atom stereocenters. The lowest BCUT2D eigenvalue weighted by atomic mass is 9.94. The van der Waals surface area contributed by atoms with Gasteiger partial charge in [0.15, 0.2) is 16.7 Å². The quantitative estimate of drug-likeness (QED) is 0.597. The molecule has 1 N–H and O–H groups in total. The third kappa shape index (κ3) is 3.87. The topological polar surface area (TPSA) is 81.4 Å². The fraction of sp³-hybridized carbons (Fsp3) is 0.250. The summed E-state index contributed by atoms with van der Waals surface area (Å²) in [4.78, 5) is 30.6. The molecule has 0 bridgehead atoms. The zero-order valence-electron chi connectivity index (χ0n) is 14.8. The molecule has 4 rings (SSSR count). The maximum absolute atomic E-state index is 13.1. The first kappa shape index (κ1) is 18.9. The summed E-state index contributed by atoms with van der Waals surface area (Å²) in [6.45, 7) is 1.14. The molecule has 2 aromatic heterocycles. The Morgan fingerprint density at radius 2 is 1.93 bits per heavy atom. The van der Waals surface area contributed by atoms with Crippen LogP contribution in [-0.2, 0) is 4.74 Å². The summed E-state index contributed by atoms with van der Waals surface area (Å²) in [5, 5.41) is 3.42. The van der Waals surface area contributed by atoms with Crippen LogP contribution in [-0.4, -0.2) is 29.9 Å². The maximum Gasteiger partial charge on any atom is 0.258 e. The van der Waals surface area contributed by atoms with E-state index in [4.69, 9.17) is 20.8 Å². The lowest BCUT2D eigenvalue weighted by Crippen LogP contribution is -2.23. The molecular formula is C20H17ClN2O4S. The Balaban J connectivity index is 1.65. The van der Waals surface area contributed by atoms with Crippen LogP contribution in [0.1, 0.15) is 32.9 Å². The number of thiazole rings is 1. The van der Waals surface area contributed by atoms with E-state index in [1.54, 1.807) is 36.4 Å². The van der Waals surface area contributed by atoms with Crippen molar-refractivity contribution < 1.29 is 18.7 Å². The van der Waals surface area contributed by atoms with E-state index in [-0.39, 0.29) is 17.6 Å². The van der Waals surface area contributed by atoms with Gasteiger partial charge in [0.25, 0.3) is 5.91 Å². The van der Waals surface area contributed by atoms with Gasteiger partial charge in [-0.2, -0.15) is 0 Å². The predicted molar refractivity (Wildman–Crippen MR) is 107 cm³/mol. The molecule has 1 fully saturated rings. The largest absolute Gasteiger partial charge is 0.463 e. The highest BCUT2D eigenvalue weighted by Gasteiger charge is 2.29. The van der Waals surface area contributed by atoms with Crippen molar-refractivity contribution in [3.8, 4) is 11.5 Å². The smallest absolute Gasteiger partial charge is 0.258 e. The van der Waals surface area contributed by atoms with Gasteiger partial charge in [0.05, 0.1) is 16.8 Å². The summed E-state index contributed by atoms with van der Waals surface area (Å²) in [5.41, 5.74) is 0.789. The van der Waals surface area contributed by atoms with E-state index in [0.29, 0.717) is 58.1 Å². The number of carbonyl (C=O) groups is 2. The number of hydrogen-bond donors (Lipinski definition) is 1. The highest BCUT2D eigenvalue weighted by molar-refractivity contribution is 7.18. The van der Waals surface area contributed by atoms with Crippen molar-refractivity contribution in [2.75, 3.05) is 18.5 Å². The molecule has 0 unspecified atom stereocenters. The summed E-state index contributed by atoms with van der Waals surface area (Å²) in [6, 6.07) is 10.2. The zero-order valence-corrected chi connectivity index (χ0v) is 16.4. The number of rotatable bonds is 5. The number of hydrogen-bond acceptors (Lipinski definition) is 6. The number of Topliss-reactive ketones (excluding diaryl/α,β-unsaturated/α-hetero) is 1. The van der Waals surface area contributed by atoms with Gasteiger partial charge in [0.2, 0.25) is 0 Å². The van der Waals surface area contributed by atoms with Crippen LogP contribution in [0.5, 0.6) is 0 Å². The molecule has 1 aromatic carbocycles. The first-order chi connectivity index (χ1) is 13.6. The van der Waals surface area contributed by atoms with Crippen LogP contribution in [0, 0.1) is 5.92 Å². The number of nitrogens with zero attached hydrogens (tertiary/aromatic N) is 1. The molecule has 3 heterocycles. The minimum absolute atomic E-state index is 0.00504. The number of halogens is 1. The average Bonchev–Trinajstić information content (AvgIpc) is 3.38. The van der Waals surface area contributed by atoms with E-state index >= 15 is 0 Å². The summed E-state index contributed by atoms with van der Waals surface area (Å²) >= 11 is 7.25. The summed E-state index contributed by atoms with van der Waals surface area (Å²) < 4.78 is 10.8. The number of furan rings is 1. The van der Waals surface area contributed by atoms with Gasteiger partial charge >= 0.3 is 0 Å². The van der Waals surface area contributed by atoms with Gasteiger partial charge in [-0.15, -0.1) is 0 Å². The van der Waals surface area contributed by atoms with Gasteiger partial charge in [0.1, 0.15) is 10.6 Å². The normalized spacial score (nSPS) is 14.8. The Morgan fingerprint density at radius 3 is 2.64 bits per heavy atom. The Kier molecular flexibility index (Phi) is 5.57. The average molecular weight is 417 g/mol. The summed E-state index contributed by atoms with van der Waals surface area (Å²) in [6.07, 6.45) is 2.88. The van der Waals surface area contributed by atoms with Gasteiger partial charge in [-0.05, 0) is 37.1 Å². The number of carbonyl (C=O) groups excluding carboxylic acids is 2. The maximum atomic E-state index is 13.1. The Morgan fingerprint density at radius 1 is 1.14 bits per heavy atom. The molecule has 0 saturated carbocycles. The predicted octanol–water partition coefficient (Wildman–Crippen LogP) is 4.92. The van der Waals surface area contributed by atoms with Crippen LogP contribution in [0.3, 0.4) is 0 Å². The molecule has 28 heavy (non-hydrogen) atoms. The molecule has 0 aliphatic carbocycles. The number of ether oxygens (including phenoxy) is 1. The van der Waals surface area contributed by atoms with E-state index in [2.05, 4.69) is 10.3 Å². The third-order valence-electron chi connectivity index (χ3n) is 4.54. The molecular weight excluding hydrogens is 400 g/mol. The molecule has 1 aliphatic rings. The van der Waals surface area contributed by atoms with Crippen LogP contribution >= 0.6 is 22.9 Å². The molecule has 0 spiro atoms. The Hall–Kier alpha value is -2.48. The molecule has 144 valence electrons. The van der Waals surface area contributed by atoms with Crippen LogP contribution in [0.4, 0.5) is 5.13 Å². The van der Waals surface area contributed by atoms with Crippen LogP contribution < -0.4 is 5.32 Å². The first-order valence-electron chi connectivity index (χ1n) is 8.86. The fourth-order valence-corrected chi connectivity index (χ4v) is 4.28. The number of aromatic nitrogens is 1. The monoisotopic (exact) mass is 416 g/mol. The van der Waals surface area contributed by atoms with Gasteiger partial charge in [-0.3, -0.25) is 14.9 Å². The third-order valence-corrected chi connectivity index (χ3v) is 5.85. The highest BCUT2D eigenvalue weighted by atomic mass is 35.5. The summed E-state index contributed by atoms with van der Waals surface area (Å²) in [5.74, 6) is 0.000728. The van der Waals surface area contributed by atoms with E-state index < -0.39 is 0 Å². The van der Waals surface area contributed by atoms with Crippen LogP contribution in [0.15, 0.2) is 47.1 Å². The standard InChI is InChI=1S/C20H17ClN2O4S/c21-14-5-2-1-4-13(14)19(25)23-20-22-16(15-6-3-9-27-15)18(28-20)17(24)12-7-10-26-11-8-12/h1-6,9,12H,7-8,10-11H2,(H,22,23,25). The van der Waals surface area contributed by atoms with E-state index in [9.17, 15) is 9.59 Å². The van der Waals surface area contributed by atoms with Crippen molar-refractivity contribution in [3.05, 3.63) is 58.1 Å². The van der Waals surface area contributed by atoms with E-state index in [1.165, 1.54) is 6.26 Å². The SMILES string of the molecule is O=C(Nc1nc(-c2ccco2)c(C(=O)C2CCOCC2)s1)c1ccccc1Cl. The second-order valence-corrected chi connectivity index (χ2v) is 7.77. The molecule has 8 heteroatoms. The number of anilines is 1. The number of nitrogens with one attached hydrogen (secondary N) is 1. The highest BCUT2D eigenvalue weighted by Crippen LogP contribution is 2.35. The number of amides is 1. The van der Waals surface area contributed by atoms with Crippen molar-refractivity contribution >= 4 is 39.8 Å². The van der Waals surface area contributed by atoms with Gasteiger partial charge in [-0.25, -0.2) is 4.98 Å². The second kappa shape index (κ2) is 8.26. The Labute approximate surface area is 170 Å². The van der Waals surface area contributed by atoms with Crippen LogP contribution in [0.2, 0.25) is 5.02 Å². The number of benzene rings is 1. The lowest BCUT2D eigenvalue weighted by molar-refractivity contribution is 0.0547. The van der Waals surface area contributed by atoms with Gasteiger partial charge < -0.3 is 9.15 Å². The summed E-state index contributed by atoms with van der Waals surface area (Å²) in [7, 11) is 0. The second-order valence-electron chi connectivity index (χ2n) is 6.36. The first-order valence-corrected chi connectivity index (χ1v) is 10.1. The van der Waals surface area contributed by atoms with Crippen molar-refractivity contribution in [3.63, 3.8) is 0 Å². The van der Waals surface area contributed by atoms with E-state index in [1.807, 2.05) is 0 Å². The molecule has 1 saturated heterocycles. The van der Waals surface area contributed by atoms with Crippen molar-refractivity contribution in [2.45, 2.75) is 12.8 Å². The fourth-order valence-electron chi connectivity index (χ4n) is 3.08. The van der Waals surface area contributed by atoms with Gasteiger partial charge in [-0.1, -0.05) is 35.1 Å². The van der Waals surface area contributed by atoms with Crippen LogP contribution in [0.25, 0.3) is 11.5 Å². The minimum Gasteiger partial charge on any atom is -0.463 e. The molecule has 0 radical (unpaired) electrons. The molecule has 1 aliphatic heterocycles. The lowest BCUT2D eigenvalue weighted by Gasteiger charge is -2.20.